The number of carbonyl (C=O) groups is 2. The molecule has 1 amide bonds. The third-order valence-electron chi connectivity index (χ3n) is 2.43. The van der Waals surface area contributed by atoms with Gasteiger partial charge < -0.3 is 10.1 Å². The maximum absolute atomic E-state index is 11.8. The van der Waals surface area contributed by atoms with E-state index < -0.39 is 0 Å². The van der Waals surface area contributed by atoms with Crippen LogP contribution < -0.4 is 10.1 Å². The molecule has 0 heterocycles. The number of hydrogen-bond acceptors (Lipinski definition) is 3. The molecule has 1 rings (SSSR count). The second kappa shape index (κ2) is 7.01. The summed E-state index contributed by atoms with van der Waals surface area (Å²) in [5.74, 6) is 0.299. The van der Waals surface area contributed by atoms with E-state index in [0.717, 1.165) is 0 Å². The highest BCUT2D eigenvalue weighted by Crippen LogP contribution is 2.25. The van der Waals surface area contributed by atoms with Crippen molar-refractivity contribution in [2.45, 2.75) is 19.8 Å². The summed E-state index contributed by atoms with van der Waals surface area (Å²) < 4.78 is 5.00. The quantitative estimate of drug-likeness (QED) is 0.807. The zero-order valence-electron chi connectivity index (χ0n) is 10.5. The number of carbonyl (C=O) groups excluding carboxylic acids is 2. The Hall–Kier alpha value is -1.55. The van der Waals surface area contributed by atoms with Gasteiger partial charge in [-0.15, -0.1) is 0 Å². The van der Waals surface area contributed by atoms with Gasteiger partial charge in [-0.2, -0.15) is 0 Å². The molecule has 0 radical (unpaired) electrons. The molecule has 18 heavy (non-hydrogen) atoms. The molecule has 0 saturated heterocycles. The molecule has 0 fully saturated rings. The monoisotopic (exact) mass is 269 g/mol. The largest absolute Gasteiger partial charge is 0.495 e. The molecule has 1 aromatic rings. The SMILES string of the molecule is CCNC(=O)CCC(=O)c1ccc(OC)c(Cl)c1. The predicted octanol–water partition coefficient (Wildman–Crippen LogP) is 2.45. The molecule has 1 N–H and O–H groups in total. The number of methoxy groups -OCH3 is 1. The van der Waals surface area contributed by atoms with Gasteiger partial charge in [-0.1, -0.05) is 11.6 Å². The number of ether oxygens (including phenoxy) is 1. The fourth-order valence-corrected chi connectivity index (χ4v) is 1.75. The van der Waals surface area contributed by atoms with Gasteiger partial charge in [-0.3, -0.25) is 9.59 Å². The van der Waals surface area contributed by atoms with E-state index in [4.69, 9.17) is 16.3 Å². The van der Waals surface area contributed by atoms with Gasteiger partial charge in [0.15, 0.2) is 5.78 Å². The first kappa shape index (κ1) is 14.5. The van der Waals surface area contributed by atoms with Crippen LogP contribution in [0.2, 0.25) is 5.02 Å². The molecule has 0 aliphatic rings. The van der Waals surface area contributed by atoms with E-state index >= 15 is 0 Å². The molecule has 0 saturated carbocycles. The third kappa shape index (κ3) is 4.04. The number of amides is 1. The lowest BCUT2D eigenvalue weighted by Gasteiger charge is -2.05. The Balaban J connectivity index is 2.62. The number of hydrogen-bond donors (Lipinski definition) is 1. The molecule has 5 heteroatoms. The van der Waals surface area contributed by atoms with Crippen LogP contribution in [0.5, 0.6) is 5.75 Å². The van der Waals surface area contributed by atoms with Crippen molar-refractivity contribution in [3.8, 4) is 5.75 Å². The number of halogens is 1. The van der Waals surface area contributed by atoms with Gasteiger partial charge in [0.05, 0.1) is 12.1 Å². The van der Waals surface area contributed by atoms with E-state index in [1.807, 2.05) is 6.92 Å². The minimum Gasteiger partial charge on any atom is -0.495 e. The van der Waals surface area contributed by atoms with Crippen molar-refractivity contribution >= 4 is 23.3 Å². The van der Waals surface area contributed by atoms with Gasteiger partial charge in [0, 0.05) is 24.9 Å². The minimum absolute atomic E-state index is 0.106. The Morgan fingerprint density at radius 3 is 2.61 bits per heavy atom. The number of nitrogens with one attached hydrogen (secondary N) is 1. The number of ketones is 1. The first-order valence-electron chi connectivity index (χ1n) is 5.72. The maximum Gasteiger partial charge on any atom is 0.220 e. The molecule has 0 unspecified atom stereocenters. The summed E-state index contributed by atoms with van der Waals surface area (Å²) in [5, 5.41) is 3.03. The zero-order valence-corrected chi connectivity index (χ0v) is 11.2. The van der Waals surface area contributed by atoms with Crippen molar-refractivity contribution in [2.24, 2.45) is 0 Å². The van der Waals surface area contributed by atoms with Gasteiger partial charge >= 0.3 is 0 Å². The molecular weight excluding hydrogens is 254 g/mol. The Kier molecular flexibility index (Phi) is 5.65. The van der Waals surface area contributed by atoms with Crippen LogP contribution in [0, 0.1) is 0 Å². The molecule has 0 aliphatic heterocycles. The summed E-state index contributed by atoms with van der Waals surface area (Å²) in [4.78, 5) is 23.1. The number of Topliss-reactive ketones (excluding diaryl/α,β-unsaturated/α-hetero) is 1. The van der Waals surface area contributed by atoms with Crippen LogP contribution in [0.4, 0.5) is 0 Å². The molecule has 98 valence electrons. The van der Waals surface area contributed by atoms with E-state index in [0.29, 0.717) is 22.9 Å². The lowest BCUT2D eigenvalue weighted by molar-refractivity contribution is -0.120. The van der Waals surface area contributed by atoms with Crippen LogP contribution in [0.3, 0.4) is 0 Å². The van der Waals surface area contributed by atoms with E-state index in [1.165, 1.54) is 7.11 Å². The van der Waals surface area contributed by atoms with E-state index in [9.17, 15) is 9.59 Å². The smallest absolute Gasteiger partial charge is 0.220 e. The average molecular weight is 270 g/mol. The predicted molar refractivity (Wildman–Crippen MR) is 70.3 cm³/mol. The van der Waals surface area contributed by atoms with E-state index in [1.54, 1.807) is 18.2 Å². The Morgan fingerprint density at radius 1 is 1.33 bits per heavy atom. The lowest BCUT2D eigenvalue weighted by atomic mass is 10.1. The second-order valence-corrected chi connectivity index (χ2v) is 4.13. The summed E-state index contributed by atoms with van der Waals surface area (Å²) in [6.45, 7) is 2.41. The third-order valence-corrected chi connectivity index (χ3v) is 2.72. The summed E-state index contributed by atoms with van der Waals surface area (Å²) in [5.41, 5.74) is 0.491. The highest BCUT2D eigenvalue weighted by atomic mass is 35.5. The Morgan fingerprint density at radius 2 is 2.06 bits per heavy atom. The highest BCUT2D eigenvalue weighted by molar-refractivity contribution is 6.32. The first-order chi connectivity index (χ1) is 8.58. The van der Waals surface area contributed by atoms with Crippen LogP contribution in [-0.4, -0.2) is 25.3 Å². The fourth-order valence-electron chi connectivity index (χ4n) is 1.50. The summed E-state index contributed by atoms with van der Waals surface area (Å²) >= 11 is 5.93. The molecule has 0 atom stereocenters. The second-order valence-electron chi connectivity index (χ2n) is 3.73. The molecule has 1 aromatic carbocycles. The Labute approximate surface area is 111 Å². The molecule has 0 spiro atoms. The molecule has 0 aliphatic carbocycles. The minimum atomic E-state index is -0.120. The molecule has 0 aromatic heterocycles. The van der Waals surface area contributed by atoms with Crippen molar-refractivity contribution < 1.29 is 14.3 Å². The van der Waals surface area contributed by atoms with Crippen LogP contribution >= 0.6 is 11.6 Å². The van der Waals surface area contributed by atoms with Crippen LogP contribution in [-0.2, 0) is 4.79 Å². The van der Waals surface area contributed by atoms with Gasteiger partial charge in [-0.25, -0.2) is 0 Å². The zero-order chi connectivity index (χ0) is 13.5. The molecule has 0 bridgehead atoms. The highest BCUT2D eigenvalue weighted by Gasteiger charge is 2.11. The normalized spacial score (nSPS) is 9.94. The van der Waals surface area contributed by atoms with Crippen molar-refractivity contribution in [1.29, 1.82) is 0 Å². The van der Waals surface area contributed by atoms with Crippen molar-refractivity contribution in [3.05, 3.63) is 28.8 Å². The topological polar surface area (TPSA) is 55.4 Å². The van der Waals surface area contributed by atoms with Gasteiger partial charge in [0.2, 0.25) is 5.91 Å². The van der Waals surface area contributed by atoms with Crippen molar-refractivity contribution in [1.82, 2.24) is 5.32 Å². The Bertz CT molecular complexity index is 446. The van der Waals surface area contributed by atoms with E-state index in [2.05, 4.69) is 5.32 Å². The first-order valence-corrected chi connectivity index (χ1v) is 6.09. The van der Waals surface area contributed by atoms with Crippen molar-refractivity contribution in [2.75, 3.05) is 13.7 Å². The number of rotatable bonds is 6. The van der Waals surface area contributed by atoms with Crippen LogP contribution in [0.15, 0.2) is 18.2 Å². The van der Waals surface area contributed by atoms with Crippen LogP contribution in [0.25, 0.3) is 0 Å². The van der Waals surface area contributed by atoms with E-state index in [-0.39, 0.29) is 24.5 Å². The summed E-state index contributed by atoms with van der Waals surface area (Å²) in [7, 11) is 1.51. The van der Waals surface area contributed by atoms with Crippen LogP contribution in [0.1, 0.15) is 30.1 Å². The molecule has 4 nitrogen and oxygen atoms in total. The standard InChI is InChI=1S/C13H16ClNO3/c1-3-15-13(17)7-5-11(16)9-4-6-12(18-2)10(14)8-9/h4,6,8H,3,5,7H2,1-2H3,(H,15,17). The maximum atomic E-state index is 11.8. The van der Waals surface area contributed by atoms with Gasteiger partial charge in [-0.05, 0) is 25.1 Å². The van der Waals surface area contributed by atoms with Crippen molar-refractivity contribution in [3.63, 3.8) is 0 Å². The van der Waals surface area contributed by atoms with Gasteiger partial charge in [0.1, 0.15) is 5.75 Å². The summed E-state index contributed by atoms with van der Waals surface area (Å²) in [6, 6.07) is 4.84. The molecular formula is C13H16ClNO3. The average Bonchev–Trinajstić information content (AvgIpc) is 2.36. The summed E-state index contributed by atoms with van der Waals surface area (Å²) in [6.07, 6.45) is 0.366. The lowest BCUT2D eigenvalue weighted by Crippen LogP contribution is -2.23. The fraction of sp³-hybridized carbons (Fsp3) is 0.385. The van der Waals surface area contributed by atoms with Gasteiger partial charge in [0.25, 0.3) is 0 Å². The number of benzene rings is 1.